The van der Waals surface area contributed by atoms with Crippen molar-refractivity contribution in [3.05, 3.63) is 33.4 Å². The lowest BCUT2D eigenvalue weighted by molar-refractivity contribution is 0.108. The SMILES string of the molecule is Cn1cc(C(=O)Cl)c2cc(Cl)cc(Br)c21. The number of carbonyl (C=O) groups is 1. The van der Waals surface area contributed by atoms with Crippen LogP contribution in [0.4, 0.5) is 0 Å². The van der Waals surface area contributed by atoms with E-state index < -0.39 is 5.24 Å². The van der Waals surface area contributed by atoms with Gasteiger partial charge in [0.25, 0.3) is 5.24 Å². The molecule has 5 heteroatoms. The van der Waals surface area contributed by atoms with E-state index >= 15 is 0 Å². The van der Waals surface area contributed by atoms with Crippen LogP contribution in [-0.4, -0.2) is 9.81 Å². The van der Waals surface area contributed by atoms with Crippen molar-refractivity contribution in [2.75, 3.05) is 0 Å². The summed E-state index contributed by atoms with van der Waals surface area (Å²) in [5.41, 5.74) is 1.38. The number of aryl methyl sites for hydroxylation is 1. The molecule has 0 N–H and O–H groups in total. The average molecular weight is 307 g/mol. The molecule has 0 atom stereocenters. The highest BCUT2D eigenvalue weighted by Gasteiger charge is 2.14. The van der Waals surface area contributed by atoms with Gasteiger partial charge in [0, 0.05) is 28.1 Å². The van der Waals surface area contributed by atoms with Gasteiger partial charge in [0.15, 0.2) is 0 Å². The Morgan fingerprint density at radius 3 is 2.73 bits per heavy atom. The van der Waals surface area contributed by atoms with Gasteiger partial charge in [0.1, 0.15) is 0 Å². The molecule has 0 saturated carbocycles. The van der Waals surface area contributed by atoms with E-state index in [1.165, 1.54) is 0 Å². The van der Waals surface area contributed by atoms with Gasteiger partial charge in [0.2, 0.25) is 0 Å². The minimum absolute atomic E-state index is 0.470. The standard InChI is InChI=1S/C10H6BrCl2NO/c1-14-4-7(10(13)15)6-2-5(12)3-8(11)9(6)14/h2-4H,1H3. The number of hydrogen-bond acceptors (Lipinski definition) is 1. The highest BCUT2D eigenvalue weighted by atomic mass is 79.9. The number of nitrogens with zero attached hydrogens (tertiary/aromatic N) is 1. The van der Waals surface area contributed by atoms with Crippen molar-refractivity contribution in [3.8, 4) is 0 Å². The summed E-state index contributed by atoms with van der Waals surface area (Å²) in [6.45, 7) is 0. The molecule has 0 bridgehead atoms. The van der Waals surface area contributed by atoms with Gasteiger partial charge in [-0.2, -0.15) is 0 Å². The fraction of sp³-hybridized carbons (Fsp3) is 0.100. The molecule has 0 aliphatic carbocycles. The Morgan fingerprint density at radius 1 is 1.47 bits per heavy atom. The van der Waals surface area contributed by atoms with E-state index in [0.717, 1.165) is 15.4 Å². The van der Waals surface area contributed by atoms with Crippen molar-refractivity contribution < 1.29 is 4.79 Å². The zero-order valence-corrected chi connectivity index (χ0v) is 10.8. The molecule has 78 valence electrons. The van der Waals surface area contributed by atoms with Crippen LogP contribution in [0.3, 0.4) is 0 Å². The maximum absolute atomic E-state index is 11.2. The van der Waals surface area contributed by atoms with E-state index in [0.29, 0.717) is 10.6 Å². The summed E-state index contributed by atoms with van der Waals surface area (Å²) in [7, 11) is 1.85. The Labute approximate surface area is 105 Å². The highest BCUT2D eigenvalue weighted by Crippen LogP contribution is 2.31. The lowest BCUT2D eigenvalue weighted by Crippen LogP contribution is -1.85. The van der Waals surface area contributed by atoms with Crippen LogP contribution in [0.2, 0.25) is 5.02 Å². The maximum atomic E-state index is 11.2. The molecule has 2 rings (SSSR count). The van der Waals surface area contributed by atoms with Gasteiger partial charge < -0.3 is 4.57 Å². The molecular weight excluding hydrogens is 301 g/mol. The van der Waals surface area contributed by atoms with Crippen LogP contribution in [0, 0.1) is 0 Å². The Bertz CT molecular complexity index is 562. The molecule has 1 heterocycles. The lowest BCUT2D eigenvalue weighted by atomic mass is 10.2. The number of rotatable bonds is 1. The van der Waals surface area contributed by atoms with Crippen molar-refractivity contribution >= 4 is 55.3 Å². The summed E-state index contributed by atoms with van der Waals surface area (Å²) in [5.74, 6) is 0. The molecule has 2 aromatic rings. The number of fused-ring (bicyclic) bond motifs is 1. The lowest BCUT2D eigenvalue weighted by Gasteiger charge is -2.00. The van der Waals surface area contributed by atoms with Gasteiger partial charge in [0.05, 0.1) is 11.1 Å². The Balaban J connectivity index is 2.93. The first kappa shape index (κ1) is 11.0. The molecule has 0 saturated heterocycles. The summed E-state index contributed by atoms with van der Waals surface area (Å²) in [6, 6.07) is 3.52. The van der Waals surface area contributed by atoms with E-state index in [-0.39, 0.29) is 0 Å². The number of aromatic nitrogens is 1. The van der Waals surface area contributed by atoms with Crippen LogP contribution >= 0.6 is 39.1 Å². The van der Waals surface area contributed by atoms with E-state index in [1.807, 2.05) is 11.6 Å². The predicted molar refractivity (Wildman–Crippen MR) is 65.8 cm³/mol. The van der Waals surface area contributed by atoms with Crippen LogP contribution in [-0.2, 0) is 7.05 Å². The maximum Gasteiger partial charge on any atom is 0.254 e. The van der Waals surface area contributed by atoms with Crippen molar-refractivity contribution in [2.45, 2.75) is 0 Å². The molecular formula is C10H6BrCl2NO. The Morgan fingerprint density at radius 2 is 2.13 bits per heavy atom. The Hall–Kier alpha value is -0.510. The first-order chi connectivity index (χ1) is 7.00. The van der Waals surface area contributed by atoms with Gasteiger partial charge in [-0.3, -0.25) is 4.79 Å². The summed E-state index contributed by atoms with van der Waals surface area (Å²) < 4.78 is 2.68. The van der Waals surface area contributed by atoms with E-state index in [1.54, 1.807) is 18.3 Å². The topological polar surface area (TPSA) is 22.0 Å². The minimum atomic E-state index is -0.477. The zero-order chi connectivity index (χ0) is 11.2. The van der Waals surface area contributed by atoms with Gasteiger partial charge in [-0.25, -0.2) is 0 Å². The first-order valence-corrected chi connectivity index (χ1v) is 5.69. The third kappa shape index (κ3) is 1.80. The molecule has 0 aliphatic rings. The molecule has 0 fully saturated rings. The normalized spacial score (nSPS) is 10.9. The summed E-state index contributed by atoms with van der Waals surface area (Å²) in [6.07, 6.45) is 1.70. The smallest absolute Gasteiger partial charge is 0.254 e. The van der Waals surface area contributed by atoms with Crippen LogP contribution in [0.5, 0.6) is 0 Å². The second-order valence-corrected chi connectivity index (χ2v) is 4.85. The van der Waals surface area contributed by atoms with E-state index in [4.69, 9.17) is 23.2 Å². The van der Waals surface area contributed by atoms with Crippen molar-refractivity contribution in [3.63, 3.8) is 0 Å². The largest absolute Gasteiger partial charge is 0.349 e. The number of benzene rings is 1. The van der Waals surface area contributed by atoms with Gasteiger partial charge in [-0.1, -0.05) is 11.6 Å². The van der Waals surface area contributed by atoms with E-state index in [9.17, 15) is 4.79 Å². The van der Waals surface area contributed by atoms with Crippen LogP contribution in [0.25, 0.3) is 10.9 Å². The molecule has 2 nitrogen and oxygen atoms in total. The molecule has 15 heavy (non-hydrogen) atoms. The van der Waals surface area contributed by atoms with Crippen molar-refractivity contribution in [2.24, 2.45) is 7.05 Å². The molecule has 0 unspecified atom stereocenters. The monoisotopic (exact) mass is 305 g/mol. The fourth-order valence-electron chi connectivity index (χ4n) is 1.61. The van der Waals surface area contributed by atoms with Crippen LogP contribution in [0.1, 0.15) is 10.4 Å². The molecule has 0 spiro atoms. The summed E-state index contributed by atoms with van der Waals surface area (Å²) in [4.78, 5) is 11.2. The number of halogens is 3. The third-order valence-corrected chi connectivity index (χ3v) is 3.23. The van der Waals surface area contributed by atoms with Crippen molar-refractivity contribution in [1.82, 2.24) is 4.57 Å². The fourth-order valence-corrected chi connectivity index (χ4v) is 2.85. The second-order valence-electron chi connectivity index (χ2n) is 3.21. The predicted octanol–water partition coefficient (Wildman–Crippen LogP) is 3.97. The zero-order valence-electron chi connectivity index (χ0n) is 7.72. The number of carbonyl (C=O) groups excluding carboxylic acids is 1. The molecule has 1 aromatic carbocycles. The average Bonchev–Trinajstić information content (AvgIpc) is 2.42. The second kappa shape index (κ2) is 3.81. The van der Waals surface area contributed by atoms with Gasteiger partial charge in [-0.15, -0.1) is 0 Å². The van der Waals surface area contributed by atoms with Gasteiger partial charge >= 0.3 is 0 Å². The van der Waals surface area contributed by atoms with Crippen LogP contribution in [0.15, 0.2) is 22.8 Å². The minimum Gasteiger partial charge on any atom is -0.349 e. The summed E-state index contributed by atoms with van der Waals surface area (Å²) >= 11 is 14.8. The number of hydrogen-bond donors (Lipinski definition) is 0. The molecule has 1 aromatic heterocycles. The molecule has 0 amide bonds. The third-order valence-electron chi connectivity index (χ3n) is 2.21. The van der Waals surface area contributed by atoms with Gasteiger partial charge in [-0.05, 0) is 39.7 Å². The molecule has 0 aliphatic heterocycles. The van der Waals surface area contributed by atoms with Crippen LogP contribution < -0.4 is 0 Å². The molecule has 0 radical (unpaired) electrons. The highest BCUT2D eigenvalue weighted by molar-refractivity contribution is 9.10. The quantitative estimate of drug-likeness (QED) is 0.731. The first-order valence-electron chi connectivity index (χ1n) is 4.14. The van der Waals surface area contributed by atoms with E-state index in [2.05, 4.69) is 15.9 Å². The van der Waals surface area contributed by atoms with Crippen molar-refractivity contribution in [1.29, 1.82) is 0 Å². The summed E-state index contributed by atoms with van der Waals surface area (Å²) in [5, 5.41) is 0.853. The Kier molecular flexibility index (Phi) is 2.79.